The van der Waals surface area contributed by atoms with E-state index in [9.17, 15) is 0 Å². The lowest BCUT2D eigenvalue weighted by atomic mass is 10.1. The highest BCUT2D eigenvalue weighted by atomic mass is 28.3. The van der Waals surface area contributed by atoms with Crippen molar-refractivity contribution in [2.75, 3.05) is 13.1 Å². The van der Waals surface area contributed by atoms with Crippen molar-refractivity contribution in [2.24, 2.45) is 0 Å². The van der Waals surface area contributed by atoms with Gasteiger partial charge in [0.15, 0.2) is 0 Å². The first-order chi connectivity index (χ1) is 6.58. The molecule has 0 N–H and O–H groups in total. The molecule has 0 spiro atoms. The lowest BCUT2D eigenvalue weighted by molar-refractivity contribution is 0.327. The standard InChI is InChI=1S/C12H19NSi/c1-14(2,3)12-8-7-11-13-9-5-4-6-10-13/h4-6,9-10H2,1-3H3. The zero-order valence-electron chi connectivity index (χ0n) is 9.48. The minimum Gasteiger partial charge on any atom is -0.332 e. The molecule has 0 aromatic heterocycles. The summed E-state index contributed by atoms with van der Waals surface area (Å²) in [7, 11) is -1.23. The van der Waals surface area contributed by atoms with Crippen LogP contribution in [0.15, 0.2) is 0 Å². The quantitative estimate of drug-likeness (QED) is 0.433. The zero-order valence-corrected chi connectivity index (χ0v) is 10.5. The Morgan fingerprint density at radius 1 is 0.929 bits per heavy atom. The summed E-state index contributed by atoms with van der Waals surface area (Å²) >= 11 is 0. The minimum atomic E-state index is -1.23. The predicted octanol–water partition coefficient (Wildman–Crippen LogP) is 2.31. The molecule has 0 aliphatic carbocycles. The van der Waals surface area contributed by atoms with Gasteiger partial charge in [0, 0.05) is 25.1 Å². The maximum atomic E-state index is 3.25. The fraction of sp³-hybridized carbons (Fsp3) is 0.667. The summed E-state index contributed by atoms with van der Waals surface area (Å²) in [6, 6.07) is 3.13. The van der Waals surface area contributed by atoms with Crippen molar-refractivity contribution in [2.45, 2.75) is 38.9 Å². The van der Waals surface area contributed by atoms with Crippen molar-refractivity contribution < 1.29 is 0 Å². The Bertz CT molecular complexity index is 286. The van der Waals surface area contributed by atoms with Gasteiger partial charge in [0.05, 0.1) is 0 Å². The average molecular weight is 205 g/mol. The third kappa shape index (κ3) is 4.99. The van der Waals surface area contributed by atoms with Crippen LogP contribution >= 0.6 is 0 Å². The molecular weight excluding hydrogens is 186 g/mol. The Balaban J connectivity index is 2.41. The van der Waals surface area contributed by atoms with Crippen LogP contribution in [0.1, 0.15) is 19.3 Å². The van der Waals surface area contributed by atoms with Crippen molar-refractivity contribution in [3.63, 3.8) is 0 Å². The van der Waals surface area contributed by atoms with Gasteiger partial charge in [0.1, 0.15) is 8.07 Å². The Morgan fingerprint density at radius 2 is 1.57 bits per heavy atom. The topological polar surface area (TPSA) is 3.24 Å². The molecule has 1 nitrogen and oxygen atoms in total. The van der Waals surface area contributed by atoms with Gasteiger partial charge in [0.25, 0.3) is 0 Å². The fourth-order valence-electron chi connectivity index (χ4n) is 1.33. The Morgan fingerprint density at radius 3 is 2.14 bits per heavy atom. The highest BCUT2D eigenvalue weighted by Crippen LogP contribution is 2.06. The van der Waals surface area contributed by atoms with Gasteiger partial charge in [-0.15, -0.1) is 5.54 Å². The number of hydrogen-bond donors (Lipinski definition) is 0. The van der Waals surface area contributed by atoms with Crippen LogP contribution in [-0.2, 0) is 0 Å². The van der Waals surface area contributed by atoms with Gasteiger partial charge < -0.3 is 4.90 Å². The number of rotatable bonds is 0. The maximum absolute atomic E-state index is 3.25. The van der Waals surface area contributed by atoms with E-state index in [1.807, 2.05) is 0 Å². The van der Waals surface area contributed by atoms with Crippen molar-refractivity contribution in [3.05, 3.63) is 0 Å². The molecule has 1 fully saturated rings. The molecule has 0 amide bonds. The summed E-state index contributed by atoms with van der Waals surface area (Å²) < 4.78 is 0. The van der Waals surface area contributed by atoms with E-state index in [1.165, 1.54) is 19.3 Å². The van der Waals surface area contributed by atoms with Crippen molar-refractivity contribution in [1.82, 2.24) is 4.90 Å². The molecule has 0 aromatic rings. The summed E-state index contributed by atoms with van der Waals surface area (Å²) in [5.41, 5.74) is 3.25. The molecule has 76 valence electrons. The lowest BCUT2D eigenvalue weighted by Crippen LogP contribution is -2.24. The van der Waals surface area contributed by atoms with Gasteiger partial charge >= 0.3 is 0 Å². The van der Waals surface area contributed by atoms with E-state index in [0.717, 1.165) is 13.1 Å². The van der Waals surface area contributed by atoms with Crippen molar-refractivity contribution in [1.29, 1.82) is 0 Å². The largest absolute Gasteiger partial charge is 0.332 e. The predicted molar refractivity (Wildman–Crippen MR) is 64.3 cm³/mol. The molecule has 14 heavy (non-hydrogen) atoms. The van der Waals surface area contributed by atoms with Crippen LogP contribution in [0.3, 0.4) is 0 Å². The second-order valence-electron chi connectivity index (χ2n) is 4.78. The Hall–Kier alpha value is -0.863. The lowest BCUT2D eigenvalue weighted by Gasteiger charge is -2.21. The molecule has 0 atom stereocenters. The van der Waals surface area contributed by atoms with Gasteiger partial charge in [-0.3, -0.25) is 0 Å². The van der Waals surface area contributed by atoms with Gasteiger partial charge in [0.2, 0.25) is 0 Å². The van der Waals surface area contributed by atoms with Gasteiger partial charge in [-0.2, -0.15) is 0 Å². The second-order valence-corrected chi connectivity index (χ2v) is 9.53. The molecule has 0 saturated carbocycles. The molecule has 2 heteroatoms. The average Bonchev–Trinajstić information content (AvgIpc) is 2.13. The summed E-state index contributed by atoms with van der Waals surface area (Å²) in [6.07, 6.45) is 3.94. The van der Waals surface area contributed by atoms with Crippen LogP contribution in [0.4, 0.5) is 0 Å². The molecule has 1 rings (SSSR count). The number of piperidine rings is 1. The van der Waals surface area contributed by atoms with E-state index in [2.05, 4.69) is 48.0 Å². The van der Waals surface area contributed by atoms with Gasteiger partial charge in [-0.1, -0.05) is 19.6 Å². The molecule has 0 unspecified atom stereocenters. The second kappa shape index (κ2) is 5.13. The van der Waals surface area contributed by atoms with Gasteiger partial charge in [-0.25, -0.2) is 0 Å². The SMILES string of the molecule is C[Si](C)(C)C#CC#CN1CCCCC1. The summed E-state index contributed by atoms with van der Waals surface area (Å²) in [4.78, 5) is 2.20. The van der Waals surface area contributed by atoms with E-state index in [-0.39, 0.29) is 0 Å². The molecule has 1 saturated heterocycles. The van der Waals surface area contributed by atoms with Crippen LogP contribution in [0.25, 0.3) is 0 Å². The van der Waals surface area contributed by atoms with Crippen molar-refractivity contribution >= 4 is 8.07 Å². The van der Waals surface area contributed by atoms with Crippen LogP contribution in [0, 0.1) is 23.4 Å². The Labute approximate surface area is 88.9 Å². The zero-order chi connectivity index (χ0) is 10.4. The molecular formula is C12H19NSi. The smallest absolute Gasteiger partial charge is 0.130 e. The van der Waals surface area contributed by atoms with Crippen molar-refractivity contribution in [3.8, 4) is 23.4 Å². The van der Waals surface area contributed by atoms with E-state index in [0.29, 0.717) is 0 Å². The van der Waals surface area contributed by atoms with E-state index in [4.69, 9.17) is 0 Å². The Kier molecular flexibility index (Phi) is 4.11. The van der Waals surface area contributed by atoms with E-state index < -0.39 is 8.07 Å². The van der Waals surface area contributed by atoms with Crippen LogP contribution in [-0.4, -0.2) is 26.1 Å². The third-order valence-electron chi connectivity index (χ3n) is 2.07. The number of nitrogens with zero attached hydrogens (tertiary/aromatic N) is 1. The molecule has 0 radical (unpaired) electrons. The summed E-state index contributed by atoms with van der Waals surface area (Å²) in [6.45, 7) is 8.97. The minimum absolute atomic E-state index is 1.13. The summed E-state index contributed by atoms with van der Waals surface area (Å²) in [5, 5.41) is 0. The summed E-state index contributed by atoms with van der Waals surface area (Å²) in [5.74, 6) is 5.94. The first-order valence-electron chi connectivity index (χ1n) is 5.36. The molecule has 1 aliphatic heterocycles. The highest BCUT2D eigenvalue weighted by molar-refractivity contribution is 6.83. The monoisotopic (exact) mass is 205 g/mol. The third-order valence-corrected chi connectivity index (χ3v) is 2.95. The first-order valence-corrected chi connectivity index (χ1v) is 8.86. The number of likely N-dealkylation sites (tertiary alicyclic amines) is 1. The number of hydrogen-bond acceptors (Lipinski definition) is 1. The van der Waals surface area contributed by atoms with Crippen LogP contribution in [0.2, 0.25) is 19.6 Å². The van der Waals surface area contributed by atoms with Crippen LogP contribution in [0.5, 0.6) is 0 Å². The molecule has 1 heterocycles. The normalized spacial score (nSPS) is 16.4. The molecule has 0 bridgehead atoms. The maximum Gasteiger partial charge on any atom is 0.130 e. The van der Waals surface area contributed by atoms with Gasteiger partial charge in [-0.05, 0) is 25.2 Å². The fourth-order valence-corrected chi connectivity index (χ4v) is 1.77. The van der Waals surface area contributed by atoms with E-state index >= 15 is 0 Å². The van der Waals surface area contributed by atoms with E-state index in [1.54, 1.807) is 0 Å². The van der Waals surface area contributed by atoms with Crippen LogP contribution < -0.4 is 0 Å². The first kappa shape index (κ1) is 11.2. The highest BCUT2D eigenvalue weighted by Gasteiger charge is 2.07. The molecule has 1 aliphatic rings. The molecule has 0 aromatic carbocycles.